The van der Waals surface area contributed by atoms with E-state index in [1.807, 2.05) is 0 Å². The molecule has 0 bridgehead atoms. The van der Waals surface area contributed by atoms with Crippen molar-refractivity contribution >= 4 is 50.5 Å². The summed E-state index contributed by atoms with van der Waals surface area (Å²) in [5, 5.41) is 2.54. The molecule has 0 radical (unpaired) electrons. The average Bonchev–Trinajstić information content (AvgIpc) is 3.47. The van der Waals surface area contributed by atoms with Crippen molar-refractivity contribution < 1.29 is 0 Å². The molecular weight excluding hydrogens is 464 g/mol. The number of anilines is 3. The molecule has 2 aliphatic heterocycles. The summed E-state index contributed by atoms with van der Waals surface area (Å²) in [5.41, 5.74) is 9.04. The smallest absolute Gasteiger partial charge is 0.216 e. The van der Waals surface area contributed by atoms with E-state index in [2.05, 4.69) is 150 Å². The van der Waals surface area contributed by atoms with E-state index in [1.165, 1.54) is 33.1 Å². The molecule has 0 N–H and O–H groups in total. The van der Waals surface area contributed by atoms with Crippen LogP contribution in [0.4, 0.5) is 22.7 Å². The fourth-order valence-corrected chi connectivity index (χ4v) is 6.33. The number of benzene rings is 5. The van der Waals surface area contributed by atoms with E-state index in [0.717, 1.165) is 28.7 Å². The van der Waals surface area contributed by atoms with Crippen molar-refractivity contribution in [2.45, 2.75) is 19.4 Å². The molecule has 8 rings (SSSR count). The van der Waals surface area contributed by atoms with Gasteiger partial charge >= 0.3 is 0 Å². The minimum Gasteiger partial charge on any atom is -0.309 e. The third-order valence-electron chi connectivity index (χ3n) is 8.05. The van der Waals surface area contributed by atoms with E-state index in [1.54, 1.807) is 0 Å². The summed E-state index contributed by atoms with van der Waals surface area (Å²) >= 11 is 0. The molecule has 0 fully saturated rings. The first-order valence-electron chi connectivity index (χ1n) is 13.1. The number of nitrogens with zero attached hydrogens (tertiary/aromatic N) is 4. The van der Waals surface area contributed by atoms with Crippen molar-refractivity contribution in [3.05, 3.63) is 127 Å². The van der Waals surface area contributed by atoms with Gasteiger partial charge in [-0.25, -0.2) is 4.99 Å². The highest BCUT2D eigenvalue weighted by atomic mass is 15.5. The third-order valence-corrected chi connectivity index (χ3v) is 8.05. The van der Waals surface area contributed by atoms with Crippen LogP contribution in [-0.4, -0.2) is 10.5 Å². The van der Waals surface area contributed by atoms with Crippen molar-refractivity contribution in [2.24, 2.45) is 4.99 Å². The highest BCUT2D eigenvalue weighted by Crippen LogP contribution is 2.51. The molecule has 0 aliphatic carbocycles. The summed E-state index contributed by atoms with van der Waals surface area (Å²) in [4.78, 5) is 9.87. The quantitative estimate of drug-likeness (QED) is 0.242. The Kier molecular flexibility index (Phi) is 4.25. The first kappa shape index (κ1) is 21.3. The summed E-state index contributed by atoms with van der Waals surface area (Å²) in [5.74, 6) is 0.944. The van der Waals surface area contributed by atoms with Crippen molar-refractivity contribution in [1.82, 2.24) is 4.57 Å². The van der Waals surface area contributed by atoms with Gasteiger partial charge in [0.1, 0.15) is 0 Å². The molecule has 4 nitrogen and oxygen atoms in total. The minimum absolute atomic E-state index is 0.235. The van der Waals surface area contributed by atoms with Crippen LogP contribution in [0, 0.1) is 0 Å². The lowest BCUT2D eigenvalue weighted by molar-refractivity contribution is 0.543. The van der Waals surface area contributed by atoms with Crippen LogP contribution in [0.3, 0.4) is 0 Å². The van der Waals surface area contributed by atoms with E-state index >= 15 is 0 Å². The van der Waals surface area contributed by atoms with Gasteiger partial charge in [-0.3, -0.25) is 9.80 Å². The number of hydrogen-bond donors (Lipinski definition) is 0. The van der Waals surface area contributed by atoms with Gasteiger partial charge in [0, 0.05) is 27.7 Å². The van der Waals surface area contributed by atoms with Gasteiger partial charge in [0.25, 0.3) is 0 Å². The summed E-state index contributed by atoms with van der Waals surface area (Å²) in [6, 6.07) is 43.3. The van der Waals surface area contributed by atoms with Crippen molar-refractivity contribution in [3.8, 4) is 5.69 Å². The Morgan fingerprint density at radius 1 is 0.553 bits per heavy atom. The molecule has 3 heterocycles. The molecule has 6 aromatic rings. The zero-order valence-electron chi connectivity index (χ0n) is 21.3. The number of hydrogen-bond acceptors (Lipinski definition) is 3. The number of aromatic nitrogens is 1. The maximum atomic E-state index is 5.19. The lowest BCUT2D eigenvalue weighted by atomic mass is 9.89. The molecule has 0 spiro atoms. The van der Waals surface area contributed by atoms with Crippen molar-refractivity contribution in [2.75, 3.05) is 9.80 Å². The lowest BCUT2D eigenvalue weighted by Crippen LogP contribution is -2.49. The summed E-state index contributed by atoms with van der Waals surface area (Å²) in [6.07, 6.45) is 0. The summed E-state index contributed by atoms with van der Waals surface area (Å²) in [7, 11) is 0. The monoisotopic (exact) mass is 490 g/mol. The van der Waals surface area contributed by atoms with Gasteiger partial charge in [-0.15, -0.1) is 0 Å². The molecule has 0 saturated carbocycles. The van der Waals surface area contributed by atoms with Gasteiger partial charge in [0.05, 0.1) is 33.6 Å². The van der Waals surface area contributed by atoms with E-state index in [-0.39, 0.29) is 5.54 Å². The van der Waals surface area contributed by atoms with Crippen LogP contribution in [-0.2, 0) is 5.54 Å². The predicted octanol–water partition coefficient (Wildman–Crippen LogP) is 8.68. The summed E-state index contributed by atoms with van der Waals surface area (Å²) in [6.45, 7) is 4.57. The molecule has 0 saturated heterocycles. The van der Waals surface area contributed by atoms with E-state index in [9.17, 15) is 0 Å². The Morgan fingerprint density at radius 2 is 1.11 bits per heavy atom. The Balaban J connectivity index is 1.30. The van der Waals surface area contributed by atoms with Crippen LogP contribution < -0.4 is 9.80 Å². The average molecular weight is 491 g/mol. The normalized spacial score (nSPS) is 15.4. The van der Waals surface area contributed by atoms with Crippen molar-refractivity contribution in [3.63, 3.8) is 0 Å². The molecule has 2 aliphatic rings. The largest absolute Gasteiger partial charge is 0.309 e. The standard InChI is InChI=1S/C34H26N4/c1-34(2)27-13-5-6-14-28(27)35-33-37(31-17-9-10-18-32(31)38(33)34)24-21-19-23(20-22-24)36-29-15-7-3-11-25(29)26-12-4-8-16-30(26)36/h3-22H,1-2H3. The maximum absolute atomic E-state index is 5.19. The number of aliphatic imine (C=N–C) groups is 1. The Bertz CT molecular complexity index is 1860. The number of guanidine groups is 1. The number of rotatable bonds is 2. The fourth-order valence-electron chi connectivity index (χ4n) is 6.33. The SMILES string of the molecule is CC1(C)c2ccccc2N=C2N(c3ccc(-n4c5ccccc5c5ccccc54)cc3)c3ccccc3N21. The Hall–Kier alpha value is -4.83. The molecule has 38 heavy (non-hydrogen) atoms. The zero-order chi connectivity index (χ0) is 25.4. The third kappa shape index (κ3) is 2.77. The van der Waals surface area contributed by atoms with Crippen LogP contribution in [0.15, 0.2) is 126 Å². The van der Waals surface area contributed by atoms with E-state index in [0.29, 0.717) is 0 Å². The van der Waals surface area contributed by atoms with Crippen LogP contribution in [0.2, 0.25) is 0 Å². The van der Waals surface area contributed by atoms with Crippen LogP contribution in [0.5, 0.6) is 0 Å². The van der Waals surface area contributed by atoms with Crippen LogP contribution in [0.25, 0.3) is 27.5 Å². The van der Waals surface area contributed by atoms with Crippen molar-refractivity contribution in [1.29, 1.82) is 0 Å². The van der Waals surface area contributed by atoms with E-state index < -0.39 is 0 Å². The van der Waals surface area contributed by atoms with Gasteiger partial charge in [-0.05, 0) is 68.4 Å². The zero-order valence-corrected chi connectivity index (χ0v) is 21.3. The maximum Gasteiger partial charge on any atom is 0.216 e. The number of fused-ring (bicyclic) bond motifs is 7. The fraction of sp³-hybridized carbons (Fsp3) is 0.0882. The van der Waals surface area contributed by atoms with Gasteiger partial charge in [-0.1, -0.05) is 66.7 Å². The van der Waals surface area contributed by atoms with Gasteiger partial charge in [-0.2, -0.15) is 0 Å². The predicted molar refractivity (Wildman–Crippen MR) is 158 cm³/mol. The van der Waals surface area contributed by atoms with Gasteiger partial charge < -0.3 is 4.57 Å². The molecular formula is C34H26N4. The lowest BCUT2D eigenvalue weighted by Gasteiger charge is -2.41. The highest BCUT2D eigenvalue weighted by molar-refractivity contribution is 6.22. The molecule has 0 amide bonds. The molecule has 0 unspecified atom stereocenters. The Morgan fingerprint density at radius 3 is 1.82 bits per heavy atom. The molecule has 5 aromatic carbocycles. The Labute approximate surface area is 221 Å². The van der Waals surface area contributed by atoms with Crippen LogP contribution in [0.1, 0.15) is 19.4 Å². The summed E-state index contributed by atoms with van der Waals surface area (Å²) < 4.78 is 2.36. The first-order valence-corrected chi connectivity index (χ1v) is 13.1. The first-order chi connectivity index (χ1) is 18.6. The topological polar surface area (TPSA) is 23.8 Å². The second-order valence-electron chi connectivity index (χ2n) is 10.5. The molecule has 1 aromatic heterocycles. The second-order valence-corrected chi connectivity index (χ2v) is 10.5. The number of para-hydroxylation sites is 5. The second kappa shape index (κ2) is 7.59. The molecule has 4 heteroatoms. The van der Waals surface area contributed by atoms with Gasteiger partial charge in [0.2, 0.25) is 5.96 Å². The minimum atomic E-state index is -0.235. The molecule has 0 atom stereocenters. The van der Waals surface area contributed by atoms with E-state index in [4.69, 9.17) is 4.99 Å². The van der Waals surface area contributed by atoms with Gasteiger partial charge in [0.15, 0.2) is 0 Å². The molecule has 182 valence electrons. The highest BCUT2D eigenvalue weighted by Gasteiger charge is 2.46. The van der Waals surface area contributed by atoms with Crippen LogP contribution >= 0.6 is 0 Å².